The summed E-state index contributed by atoms with van der Waals surface area (Å²) in [5.74, 6) is 0.291. The Bertz CT molecular complexity index is 409. The molecule has 4 nitrogen and oxygen atoms in total. The molecule has 0 saturated heterocycles. The Morgan fingerprint density at radius 2 is 2.11 bits per heavy atom. The molecule has 0 aliphatic carbocycles. The maximum Gasteiger partial charge on any atom is 0.230 e. The molecule has 0 spiro atoms. The van der Waals surface area contributed by atoms with Crippen molar-refractivity contribution in [2.24, 2.45) is 11.7 Å². The fourth-order valence-electron chi connectivity index (χ4n) is 1.67. The zero-order valence-electron chi connectivity index (χ0n) is 11.1. The molecule has 1 atom stereocenters. The molecule has 0 heterocycles. The van der Waals surface area contributed by atoms with Gasteiger partial charge in [-0.15, -0.1) is 0 Å². The van der Waals surface area contributed by atoms with Crippen LogP contribution in [0.5, 0.6) is 5.75 Å². The van der Waals surface area contributed by atoms with Crippen molar-refractivity contribution in [3.05, 3.63) is 30.3 Å². The molecule has 1 aromatic rings. The summed E-state index contributed by atoms with van der Waals surface area (Å²) in [6.45, 7) is 2.86. The first-order valence-electron chi connectivity index (χ1n) is 6.40. The van der Waals surface area contributed by atoms with E-state index in [2.05, 4.69) is 5.32 Å². The summed E-state index contributed by atoms with van der Waals surface area (Å²) in [6, 6.07) is 9.47. The predicted molar refractivity (Wildman–Crippen MR) is 80.1 cm³/mol. The quantitative estimate of drug-likeness (QED) is 0.564. The van der Waals surface area contributed by atoms with Gasteiger partial charge in [-0.2, -0.15) is 0 Å². The molecule has 0 aliphatic rings. The maximum absolute atomic E-state index is 11.9. The number of amides is 1. The summed E-state index contributed by atoms with van der Waals surface area (Å²) in [5.41, 5.74) is 5.56. The van der Waals surface area contributed by atoms with Crippen molar-refractivity contribution in [2.75, 3.05) is 13.2 Å². The minimum Gasteiger partial charge on any atom is -0.492 e. The van der Waals surface area contributed by atoms with Gasteiger partial charge in [0.25, 0.3) is 0 Å². The number of hydrogen-bond acceptors (Lipinski definition) is 3. The highest BCUT2D eigenvalue weighted by molar-refractivity contribution is 7.80. The molecule has 0 radical (unpaired) electrons. The van der Waals surface area contributed by atoms with Crippen molar-refractivity contribution >= 4 is 23.1 Å². The van der Waals surface area contributed by atoms with Crippen molar-refractivity contribution in [3.8, 4) is 5.75 Å². The monoisotopic (exact) mass is 280 g/mol. The van der Waals surface area contributed by atoms with E-state index in [1.165, 1.54) is 0 Å². The normalized spacial score (nSPS) is 11.6. The molecule has 5 heteroatoms. The summed E-state index contributed by atoms with van der Waals surface area (Å²) in [5, 5.41) is 2.79. The summed E-state index contributed by atoms with van der Waals surface area (Å²) >= 11 is 4.90. The molecular formula is C14H20N2O2S. The first-order valence-corrected chi connectivity index (χ1v) is 6.80. The van der Waals surface area contributed by atoms with E-state index in [-0.39, 0.29) is 16.8 Å². The highest BCUT2D eigenvalue weighted by atomic mass is 32.1. The molecule has 0 saturated carbocycles. The van der Waals surface area contributed by atoms with Gasteiger partial charge in [-0.05, 0) is 18.6 Å². The van der Waals surface area contributed by atoms with Crippen LogP contribution in [-0.2, 0) is 4.79 Å². The maximum atomic E-state index is 11.9. The first-order chi connectivity index (χ1) is 9.15. The van der Waals surface area contributed by atoms with Gasteiger partial charge in [0, 0.05) is 0 Å². The number of ether oxygens (including phenoxy) is 1. The molecule has 0 fully saturated rings. The van der Waals surface area contributed by atoms with Gasteiger partial charge in [-0.3, -0.25) is 4.79 Å². The lowest BCUT2D eigenvalue weighted by Crippen LogP contribution is -2.39. The van der Waals surface area contributed by atoms with Crippen LogP contribution in [0.3, 0.4) is 0 Å². The minimum absolute atomic E-state index is 0.119. The van der Waals surface area contributed by atoms with Crippen molar-refractivity contribution in [2.45, 2.75) is 19.8 Å². The SMILES string of the molecule is CCCC(C(=O)NCCOc1ccccc1)C(N)=S. The Kier molecular flexibility index (Phi) is 6.89. The molecule has 1 amide bonds. The summed E-state index contributed by atoms with van der Waals surface area (Å²) in [4.78, 5) is 12.1. The van der Waals surface area contributed by atoms with Gasteiger partial charge in [-0.1, -0.05) is 43.8 Å². The third-order valence-corrected chi connectivity index (χ3v) is 2.94. The fraction of sp³-hybridized carbons (Fsp3) is 0.429. The Balaban J connectivity index is 2.28. The Hall–Kier alpha value is -1.62. The van der Waals surface area contributed by atoms with E-state index < -0.39 is 0 Å². The summed E-state index contributed by atoms with van der Waals surface area (Å²) in [7, 11) is 0. The van der Waals surface area contributed by atoms with E-state index in [9.17, 15) is 4.79 Å². The smallest absolute Gasteiger partial charge is 0.230 e. The Labute approximate surface area is 119 Å². The van der Waals surface area contributed by atoms with E-state index in [4.69, 9.17) is 22.7 Å². The van der Waals surface area contributed by atoms with Gasteiger partial charge in [0.1, 0.15) is 12.4 Å². The highest BCUT2D eigenvalue weighted by Gasteiger charge is 2.19. The molecule has 0 aromatic heterocycles. The van der Waals surface area contributed by atoms with E-state index >= 15 is 0 Å². The van der Waals surface area contributed by atoms with Crippen molar-refractivity contribution in [1.29, 1.82) is 0 Å². The molecule has 0 aliphatic heterocycles. The van der Waals surface area contributed by atoms with Crippen molar-refractivity contribution in [1.82, 2.24) is 5.32 Å². The fourth-order valence-corrected chi connectivity index (χ4v) is 1.90. The number of para-hydroxylation sites is 1. The standard InChI is InChI=1S/C14H20N2O2S/c1-2-6-12(13(15)19)14(17)16-9-10-18-11-7-4-3-5-8-11/h3-5,7-8,12H,2,6,9-10H2,1H3,(H2,15,19)(H,16,17). The second-order valence-corrected chi connectivity index (χ2v) is 4.67. The number of benzene rings is 1. The number of nitrogens with one attached hydrogen (secondary N) is 1. The predicted octanol–water partition coefficient (Wildman–Crippen LogP) is 1.88. The third-order valence-electron chi connectivity index (χ3n) is 2.65. The third kappa shape index (κ3) is 5.70. The average molecular weight is 280 g/mol. The number of hydrogen-bond donors (Lipinski definition) is 2. The molecule has 1 unspecified atom stereocenters. The van der Waals surface area contributed by atoms with Crippen LogP contribution in [0.1, 0.15) is 19.8 Å². The zero-order chi connectivity index (χ0) is 14.1. The lowest BCUT2D eigenvalue weighted by atomic mass is 10.0. The number of carbonyl (C=O) groups excluding carboxylic acids is 1. The lowest BCUT2D eigenvalue weighted by Gasteiger charge is -2.14. The Morgan fingerprint density at radius 3 is 2.68 bits per heavy atom. The lowest BCUT2D eigenvalue weighted by molar-refractivity contribution is -0.123. The molecule has 3 N–H and O–H groups in total. The molecule has 1 rings (SSSR count). The number of rotatable bonds is 8. The van der Waals surface area contributed by atoms with Gasteiger partial charge >= 0.3 is 0 Å². The van der Waals surface area contributed by atoms with Crippen LogP contribution in [0.4, 0.5) is 0 Å². The Morgan fingerprint density at radius 1 is 1.42 bits per heavy atom. The topological polar surface area (TPSA) is 64.3 Å². The van der Waals surface area contributed by atoms with Crippen LogP contribution in [0, 0.1) is 5.92 Å². The van der Waals surface area contributed by atoms with E-state index in [0.29, 0.717) is 19.6 Å². The molecule has 0 bridgehead atoms. The number of thiocarbonyl (C=S) groups is 1. The van der Waals surface area contributed by atoms with Gasteiger partial charge in [0.05, 0.1) is 17.5 Å². The van der Waals surface area contributed by atoms with E-state index in [1.807, 2.05) is 37.3 Å². The van der Waals surface area contributed by atoms with Crippen LogP contribution in [0.2, 0.25) is 0 Å². The molecular weight excluding hydrogens is 260 g/mol. The molecule has 1 aromatic carbocycles. The van der Waals surface area contributed by atoms with Gasteiger partial charge in [0.2, 0.25) is 5.91 Å². The van der Waals surface area contributed by atoms with Crippen LogP contribution in [0.25, 0.3) is 0 Å². The van der Waals surface area contributed by atoms with Crippen LogP contribution < -0.4 is 15.8 Å². The van der Waals surface area contributed by atoms with Crippen molar-refractivity contribution in [3.63, 3.8) is 0 Å². The average Bonchev–Trinajstić information content (AvgIpc) is 2.41. The van der Waals surface area contributed by atoms with Crippen LogP contribution in [0.15, 0.2) is 30.3 Å². The zero-order valence-corrected chi connectivity index (χ0v) is 11.9. The highest BCUT2D eigenvalue weighted by Crippen LogP contribution is 2.08. The second-order valence-electron chi connectivity index (χ2n) is 4.20. The number of nitrogens with two attached hydrogens (primary N) is 1. The summed E-state index contributed by atoms with van der Waals surface area (Å²) in [6.07, 6.45) is 1.55. The second kappa shape index (κ2) is 8.48. The molecule has 104 valence electrons. The van der Waals surface area contributed by atoms with Crippen molar-refractivity contribution < 1.29 is 9.53 Å². The van der Waals surface area contributed by atoms with Gasteiger partial charge in [-0.25, -0.2) is 0 Å². The first kappa shape index (κ1) is 15.4. The van der Waals surface area contributed by atoms with Crippen LogP contribution >= 0.6 is 12.2 Å². The van der Waals surface area contributed by atoms with E-state index in [0.717, 1.165) is 12.2 Å². The molecule has 19 heavy (non-hydrogen) atoms. The minimum atomic E-state index is -0.378. The van der Waals surface area contributed by atoms with Gasteiger partial charge < -0.3 is 15.8 Å². The summed E-state index contributed by atoms with van der Waals surface area (Å²) < 4.78 is 5.48. The van der Waals surface area contributed by atoms with Crippen LogP contribution in [-0.4, -0.2) is 24.0 Å². The van der Waals surface area contributed by atoms with E-state index in [1.54, 1.807) is 0 Å². The largest absolute Gasteiger partial charge is 0.492 e. The number of carbonyl (C=O) groups is 1. The van der Waals surface area contributed by atoms with Gasteiger partial charge in [0.15, 0.2) is 0 Å².